The van der Waals surface area contributed by atoms with E-state index in [2.05, 4.69) is 22.5 Å². The van der Waals surface area contributed by atoms with Crippen molar-refractivity contribution in [3.8, 4) is 24.7 Å². The first kappa shape index (κ1) is 17.1. The molecule has 0 heterocycles. The van der Waals surface area contributed by atoms with Crippen molar-refractivity contribution in [2.24, 2.45) is 0 Å². The maximum atomic E-state index is 11.2. The number of amides is 2. The Bertz CT molecular complexity index is 311. The molecule has 0 spiro atoms. The number of hydrogen-bond donors (Lipinski definition) is 2. The van der Waals surface area contributed by atoms with Crippen molar-refractivity contribution in [2.45, 2.75) is 23.5 Å². The van der Waals surface area contributed by atoms with E-state index in [1.54, 1.807) is 0 Å². The van der Waals surface area contributed by atoms with Crippen molar-refractivity contribution in [1.82, 2.24) is 10.6 Å². The third-order valence-electron chi connectivity index (χ3n) is 1.68. The number of carbonyl (C=O) groups excluding carboxylic acids is 2. The Morgan fingerprint density at radius 2 is 1.28 bits per heavy atom. The second-order valence-corrected chi connectivity index (χ2v) is 10.9. The zero-order chi connectivity index (χ0) is 13.6. The summed E-state index contributed by atoms with van der Waals surface area (Å²) in [5, 5.41) is 7.07. The van der Waals surface area contributed by atoms with Crippen LogP contribution in [0.5, 0.6) is 0 Å². The third kappa shape index (κ3) is 11.6. The summed E-state index contributed by atoms with van der Waals surface area (Å²) in [6.45, 7) is 0.596. The van der Waals surface area contributed by atoms with Gasteiger partial charge in [0.25, 0.3) is 0 Å². The summed E-state index contributed by atoms with van der Waals surface area (Å²) in [4.78, 5) is 22.4. The monoisotopic (exact) mass is 380 g/mol. The molecule has 6 heteroatoms. The second kappa shape index (κ2) is 12.6. The van der Waals surface area contributed by atoms with Crippen molar-refractivity contribution in [3.63, 3.8) is 0 Å². The van der Waals surface area contributed by atoms with Gasteiger partial charge in [-0.25, -0.2) is 0 Å². The van der Waals surface area contributed by atoms with Crippen LogP contribution in [0.15, 0.2) is 0 Å². The predicted octanol–water partition coefficient (Wildman–Crippen LogP) is -0.575. The first-order valence-electron chi connectivity index (χ1n) is 5.35. The van der Waals surface area contributed by atoms with E-state index < -0.39 is 0 Å². The molecule has 0 aromatic rings. The van der Waals surface area contributed by atoms with Crippen LogP contribution in [0.1, 0.15) is 12.8 Å². The Morgan fingerprint density at radius 1 is 0.889 bits per heavy atom. The predicted molar refractivity (Wildman–Crippen MR) is 74.0 cm³/mol. The molecule has 0 aromatic carbocycles. The number of hydrogen-bond acceptors (Lipinski definition) is 2. The summed E-state index contributed by atoms with van der Waals surface area (Å²) in [6.07, 6.45) is 11.1. The molecule has 0 saturated heterocycles. The van der Waals surface area contributed by atoms with E-state index in [4.69, 9.17) is 12.8 Å². The zero-order valence-corrected chi connectivity index (χ0v) is 13.5. The van der Waals surface area contributed by atoms with Gasteiger partial charge in [0.05, 0.1) is 0 Å². The van der Waals surface area contributed by atoms with Crippen LogP contribution < -0.4 is 10.6 Å². The van der Waals surface area contributed by atoms with Crippen LogP contribution in [0.4, 0.5) is 0 Å². The molecule has 0 bridgehead atoms. The number of nitrogens with one attached hydrogen (secondary N) is 2. The Morgan fingerprint density at radius 3 is 1.61 bits per heavy atom. The SMILES string of the molecule is C#CCNC(=O)CC[Se][Se]CCC(=O)NCC#C. The Labute approximate surface area is 119 Å². The normalized spacial score (nSPS) is 9.00. The Balaban J connectivity index is 3.31. The number of terminal acetylenes is 2. The molecule has 2 N–H and O–H groups in total. The van der Waals surface area contributed by atoms with E-state index in [1.807, 2.05) is 0 Å². The molecule has 0 rings (SSSR count). The van der Waals surface area contributed by atoms with Gasteiger partial charge in [-0.3, -0.25) is 0 Å². The van der Waals surface area contributed by atoms with Gasteiger partial charge in [0, 0.05) is 0 Å². The summed E-state index contributed by atoms with van der Waals surface area (Å²) in [5.74, 6) is 4.74. The van der Waals surface area contributed by atoms with Gasteiger partial charge in [-0.1, -0.05) is 0 Å². The first-order chi connectivity index (χ1) is 8.70. The Hall–Kier alpha value is -0.901. The molecular formula is C12H16N2O2Se2. The van der Waals surface area contributed by atoms with E-state index >= 15 is 0 Å². The fourth-order valence-corrected chi connectivity index (χ4v) is 6.87. The Kier molecular flexibility index (Phi) is 11.9. The molecule has 0 saturated carbocycles. The van der Waals surface area contributed by atoms with Gasteiger partial charge >= 0.3 is 120 Å². The number of rotatable bonds is 9. The molecule has 18 heavy (non-hydrogen) atoms. The van der Waals surface area contributed by atoms with E-state index in [1.165, 1.54) is 0 Å². The van der Waals surface area contributed by atoms with Crippen LogP contribution in [0.3, 0.4) is 0 Å². The summed E-state index contributed by atoms with van der Waals surface area (Å²) >= 11 is 0.930. The molecule has 2 amide bonds. The van der Waals surface area contributed by atoms with Gasteiger partial charge < -0.3 is 0 Å². The topological polar surface area (TPSA) is 58.2 Å². The van der Waals surface area contributed by atoms with Gasteiger partial charge in [-0.05, 0) is 0 Å². The molecular weight excluding hydrogens is 362 g/mol. The van der Waals surface area contributed by atoms with E-state index in [0.29, 0.717) is 52.2 Å². The zero-order valence-electron chi connectivity index (χ0n) is 10.0. The van der Waals surface area contributed by atoms with Crippen LogP contribution >= 0.6 is 0 Å². The average Bonchev–Trinajstić information content (AvgIpc) is 2.37. The molecule has 0 aromatic heterocycles. The molecule has 4 nitrogen and oxygen atoms in total. The second-order valence-electron chi connectivity index (χ2n) is 3.11. The van der Waals surface area contributed by atoms with Crippen LogP contribution in [-0.2, 0) is 9.59 Å². The van der Waals surface area contributed by atoms with Gasteiger partial charge in [0.15, 0.2) is 0 Å². The fourth-order valence-electron chi connectivity index (χ4n) is 0.863. The first-order valence-corrected chi connectivity index (χ1v) is 12.1. The molecule has 0 atom stereocenters. The van der Waals surface area contributed by atoms with Crippen LogP contribution in [0, 0.1) is 24.7 Å². The van der Waals surface area contributed by atoms with Gasteiger partial charge in [0.1, 0.15) is 0 Å². The molecule has 0 fully saturated rings. The molecule has 0 aliphatic heterocycles. The molecule has 0 aliphatic carbocycles. The summed E-state index contributed by atoms with van der Waals surface area (Å²) in [7, 11) is 0. The van der Waals surface area contributed by atoms with Gasteiger partial charge in [-0.2, -0.15) is 0 Å². The maximum absolute atomic E-state index is 11.2. The fraction of sp³-hybridized carbons (Fsp3) is 0.500. The average molecular weight is 378 g/mol. The summed E-state index contributed by atoms with van der Waals surface area (Å²) < 4.78 is 0. The third-order valence-corrected chi connectivity index (χ3v) is 9.04. The van der Waals surface area contributed by atoms with Crippen molar-refractivity contribution in [3.05, 3.63) is 0 Å². The van der Waals surface area contributed by atoms with Gasteiger partial charge in [0.2, 0.25) is 0 Å². The van der Waals surface area contributed by atoms with Crippen molar-refractivity contribution >= 4 is 38.1 Å². The quantitative estimate of drug-likeness (QED) is 0.321. The van der Waals surface area contributed by atoms with E-state index in [-0.39, 0.29) is 11.8 Å². The van der Waals surface area contributed by atoms with Crippen LogP contribution in [0.2, 0.25) is 10.6 Å². The van der Waals surface area contributed by atoms with Crippen molar-refractivity contribution < 1.29 is 9.59 Å². The molecule has 0 aliphatic rings. The van der Waals surface area contributed by atoms with Gasteiger partial charge in [-0.15, -0.1) is 0 Å². The van der Waals surface area contributed by atoms with E-state index in [9.17, 15) is 9.59 Å². The minimum absolute atomic E-state index is 0.0115. The van der Waals surface area contributed by atoms with Crippen LogP contribution in [0.25, 0.3) is 0 Å². The molecule has 98 valence electrons. The van der Waals surface area contributed by atoms with E-state index in [0.717, 1.165) is 10.6 Å². The van der Waals surface area contributed by atoms with Crippen molar-refractivity contribution in [2.75, 3.05) is 13.1 Å². The number of carbonyl (C=O) groups is 2. The molecule has 0 unspecified atom stereocenters. The summed E-state index contributed by atoms with van der Waals surface area (Å²) in [6, 6.07) is 0. The van der Waals surface area contributed by atoms with Crippen molar-refractivity contribution in [1.29, 1.82) is 0 Å². The summed E-state index contributed by atoms with van der Waals surface area (Å²) in [5.41, 5.74) is 0. The molecule has 0 radical (unpaired) electrons. The van der Waals surface area contributed by atoms with Crippen LogP contribution in [-0.4, -0.2) is 51.2 Å². The minimum atomic E-state index is 0.0115. The standard InChI is InChI=1S/C12H16N2O2Se2/c1-3-7-13-11(15)5-9-17-18-10-6-12(16)14-8-4-2/h1-2H,5-10H2,(H,13,15)(H,14,16).